The Kier molecular flexibility index (Phi) is 4.25. The van der Waals surface area contributed by atoms with Crippen LogP contribution in [0.1, 0.15) is 5.56 Å². The van der Waals surface area contributed by atoms with Crippen LogP contribution in [0.4, 0.5) is 0 Å². The number of H-pyrrole nitrogens is 1. The summed E-state index contributed by atoms with van der Waals surface area (Å²) in [5.41, 5.74) is 7.06. The van der Waals surface area contributed by atoms with Gasteiger partial charge in [-0.1, -0.05) is 18.2 Å². The molecule has 1 atom stereocenters. The minimum absolute atomic E-state index is 0.263. The van der Waals surface area contributed by atoms with Crippen LogP contribution in [0.25, 0.3) is 10.9 Å². The molecule has 0 saturated heterocycles. The van der Waals surface area contributed by atoms with Gasteiger partial charge in [-0.2, -0.15) is 0 Å². The summed E-state index contributed by atoms with van der Waals surface area (Å²) < 4.78 is 10.8. The van der Waals surface area contributed by atoms with E-state index in [0.717, 1.165) is 16.5 Å². The third kappa shape index (κ3) is 3.68. The van der Waals surface area contributed by atoms with Crippen molar-refractivity contribution < 1.29 is 19.1 Å². The Morgan fingerprint density at radius 3 is 2.75 bits per heavy atom. The second-order valence-corrected chi connectivity index (χ2v) is 6.19. The van der Waals surface area contributed by atoms with Gasteiger partial charge < -0.3 is 20.5 Å². The Morgan fingerprint density at radius 2 is 2.10 bits per heavy atom. The van der Waals surface area contributed by atoms with Crippen molar-refractivity contribution in [1.82, 2.24) is 10.3 Å². The highest BCUT2D eigenvalue weighted by Crippen LogP contribution is 2.32. The summed E-state index contributed by atoms with van der Waals surface area (Å²) in [6, 6.07) is 6.74. The van der Waals surface area contributed by atoms with E-state index in [1.54, 1.807) is 6.20 Å². The first-order chi connectivity index (χ1) is 9.37. The number of hydrogen-bond donors (Lipinski definition) is 5. The van der Waals surface area contributed by atoms with Crippen LogP contribution >= 0.6 is 7.60 Å². The molecule has 0 aliphatic heterocycles. The molecule has 1 aromatic carbocycles. The summed E-state index contributed by atoms with van der Waals surface area (Å²) in [7, 11) is -4.22. The van der Waals surface area contributed by atoms with E-state index < -0.39 is 25.8 Å². The lowest BCUT2D eigenvalue weighted by Gasteiger charge is -2.15. The molecule has 0 unspecified atom stereocenters. The van der Waals surface area contributed by atoms with Crippen molar-refractivity contribution in [2.24, 2.45) is 5.73 Å². The third-order valence-corrected chi connectivity index (χ3v) is 3.58. The van der Waals surface area contributed by atoms with Crippen LogP contribution in [-0.2, 0) is 15.8 Å². The number of nitrogens with two attached hydrogens (primary N) is 1. The monoisotopic (exact) mass is 297 g/mol. The molecule has 0 saturated carbocycles. The number of carbonyl (C=O) groups is 1. The molecule has 0 spiro atoms. The fraction of sp³-hybridized carbons (Fsp3) is 0.250. The van der Waals surface area contributed by atoms with Gasteiger partial charge in [0.25, 0.3) is 0 Å². The number of amides is 1. The summed E-state index contributed by atoms with van der Waals surface area (Å²) in [6.45, 7) is 0. The fourth-order valence-corrected chi connectivity index (χ4v) is 2.48. The molecule has 1 amide bonds. The highest BCUT2D eigenvalue weighted by Gasteiger charge is 2.21. The second-order valence-electron chi connectivity index (χ2n) is 4.55. The van der Waals surface area contributed by atoms with Gasteiger partial charge in [-0.3, -0.25) is 14.7 Å². The number of carbonyl (C=O) groups excluding carboxylic acids is 1. The van der Waals surface area contributed by atoms with Gasteiger partial charge in [0.05, 0.1) is 12.3 Å². The molecule has 0 bridgehead atoms. The molecule has 2 aromatic rings. The molecule has 6 N–H and O–H groups in total. The molecule has 0 aliphatic rings. The molecule has 20 heavy (non-hydrogen) atoms. The summed E-state index contributed by atoms with van der Waals surface area (Å²) >= 11 is 0. The summed E-state index contributed by atoms with van der Waals surface area (Å²) in [5.74, 6) is -0.649. The molecule has 0 radical (unpaired) electrons. The zero-order chi connectivity index (χ0) is 14.8. The van der Waals surface area contributed by atoms with Gasteiger partial charge in [0.1, 0.15) is 0 Å². The van der Waals surface area contributed by atoms with Crippen LogP contribution in [-0.4, -0.2) is 33.0 Å². The maximum atomic E-state index is 11.4. The van der Waals surface area contributed by atoms with E-state index in [1.807, 2.05) is 24.3 Å². The maximum absolute atomic E-state index is 11.4. The molecule has 1 heterocycles. The normalized spacial score (nSPS) is 13.5. The Hall–Kier alpha value is -1.66. The number of aromatic nitrogens is 1. The first-order valence-electron chi connectivity index (χ1n) is 5.99. The van der Waals surface area contributed by atoms with Gasteiger partial charge in [-0.05, 0) is 18.1 Å². The second kappa shape index (κ2) is 5.76. The molecule has 0 aliphatic carbocycles. The predicted octanol–water partition coefficient (Wildman–Crippen LogP) is 0.289. The van der Waals surface area contributed by atoms with Gasteiger partial charge >= 0.3 is 7.60 Å². The van der Waals surface area contributed by atoms with Crippen molar-refractivity contribution in [2.75, 3.05) is 6.29 Å². The third-order valence-electron chi connectivity index (χ3n) is 2.99. The molecule has 7 nitrogen and oxygen atoms in total. The minimum Gasteiger partial charge on any atom is -0.368 e. The lowest BCUT2D eigenvalue weighted by atomic mass is 10.0. The molecule has 0 fully saturated rings. The van der Waals surface area contributed by atoms with E-state index in [2.05, 4.69) is 10.3 Å². The van der Waals surface area contributed by atoms with Gasteiger partial charge in [-0.15, -0.1) is 0 Å². The van der Waals surface area contributed by atoms with E-state index in [9.17, 15) is 9.36 Å². The number of benzene rings is 1. The van der Waals surface area contributed by atoms with Crippen LogP contribution in [0.3, 0.4) is 0 Å². The van der Waals surface area contributed by atoms with E-state index in [0.29, 0.717) is 0 Å². The van der Waals surface area contributed by atoms with Crippen molar-refractivity contribution in [3.05, 3.63) is 36.0 Å². The van der Waals surface area contributed by atoms with Gasteiger partial charge in [0, 0.05) is 17.1 Å². The number of hydrogen-bond acceptors (Lipinski definition) is 3. The quantitative estimate of drug-likeness (QED) is 0.489. The number of rotatable bonds is 6. The first-order valence-corrected chi connectivity index (χ1v) is 7.79. The molecular formula is C12H16N3O4P. The van der Waals surface area contributed by atoms with Crippen molar-refractivity contribution >= 4 is 24.4 Å². The van der Waals surface area contributed by atoms with E-state index in [1.165, 1.54) is 0 Å². The number of nitrogens with one attached hydrogen (secondary N) is 2. The van der Waals surface area contributed by atoms with Gasteiger partial charge in [0.15, 0.2) is 0 Å². The summed E-state index contributed by atoms with van der Waals surface area (Å²) in [4.78, 5) is 32.1. The van der Waals surface area contributed by atoms with Gasteiger partial charge in [-0.25, -0.2) is 0 Å². The lowest BCUT2D eigenvalue weighted by Crippen LogP contribution is -2.43. The Labute approximate surface area is 115 Å². The predicted molar refractivity (Wildman–Crippen MR) is 75.0 cm³/mol. The van der Waals surface area contributed by atoms with Crippen LogP contribution in [0, 0.1) is 0 Å². The number of aromatic amines is 1. The smallest absolute Gasteiger partial charge is 0.339 e. The SMILES string of the molecule is NC(=O)[C@H](Cc1c[nH]c2ccccc12)NCP(=O)(O)O. The lowest BCUT2D eigenvalue weighted by molar-refractivity contribution is -0.119. The van der Waals surface area contributed by atoms with Crippen LogP contribution < -0.4 is 11.1 Å². The van der Waals surface area contributed by atoms with Crippen LogP contribution in [0.5, 0.6) is 0 Å². The average molecular weight is 297 g/mol. The minimum atomic E-state index is -4.22. The summed E-state index contributed by atoms with van der Waals surface area (Å²) in [6.07, 6.45) is 1.45. The highest BCUT2D eigenvalue weighted by atomic mass is 31.2. The zero-order valence-corrected chi connectivity index (χ0v) is 11.5. The van der Waals surface area contributed by atoms with Gasteiger partial charge in [0.2, 0.25) is 5.91 Å². The van der Waals surface area contributed by atoms with Crippen molar-refractivity contribution in [3.8, 4) is 0 Å². The van der Waals surface area contributed by atoms with Crippen LogP contribution in [0.2, 0.25) is 0 Å². The van der Waals surface area contributed by atoms with E-state index in [4.69, 9.17) is 15.5 Å². The Bertz CT molecular complexity index is 664. The van der Waals surface area contributed by atoms with Crippen molar-refractivity contribution in [2.45, 2.75) is 12.5 Å². The molecule has 1 aromatic heterocycles. The van der Waals surface area contributed by atoms with Crippen molar-refractivity contribution in [3.63, 3.8) is 0 Å². The molecular weight excluding hydrogens is 281 g/mol. The average Bonchev–Trinajstić information content (AvgIpc) is 2.76. The van der Waals surface area contributed by atoms with E-state index >= 15 is 0 Å². The molecule has 8 heteroatoms. The van der Waals surface area contributed by atoms with Crippen molar-refractivity contribution in [1.29, 1.82) is 0 Å². The first kappa shape index (κ1) is 14.7. The standard InChI is InChI=1S/C12H16N3O4P/c13-12(16)11(15-7-20(17,18)19)5-8-6-14-10-4-2-1-3-9(8)10/h1-4,6,11,14-15H,5,7H2,(H2,13,16)(H2,17,18,19)/t11-/m0/s1. The Morgan fingerprint density at radius 1 is 1.40 bits per heavy atom. The topological polar surface area (TPSA) is 128 Å². The van der Waals surface area contributed by atoms with Crippen LogP contribution in [0.15, 0.2) is 30.5 Å². The summed E-state index contributed by atoms with van der Waals surface area (Å²) in [5, 5.41) is 3.47. The fourth-order valence-electron chi connectivity index (χ4n) is 2.02. The largest absolute Gasteiger partial charge is 0.368 e. The molecule has 108 valence electrons. The maximum Gasteiger partial charge on any atom is 0.339 e. The zero-order valence-electron chi connectivity index (χ0n) is 10.6. The van der Waals surface area contributed by atoms with E-state index in [-0.39, 0.29) is 6.42 Å². The molecule has 2 rings (SSSR count). The number of fused-ring (bicyclic) bond motifs is 1. The number of para-hydroxylation sites is 1. The number of primary amides is 1. The highest BCUT2D eigenvalue weighted by molar-refractivity contribution is 7.51. The Balaban J connectivity index is 2.16.